The highest BCUT2D eigenvalue weighted by molar-refractivity contribution is 6.27. The van der Waals surface area contributed by atoms with Crippen molar-refractivity contribution in [3.63, 3.8) is 0 Å². The SMILES string of the molecule is COc1ccc(Cn2c(=O)c3ccccc3n3c(CN4CCN(C(=O)CCl)CC4)nnc23)cc1. The molecule has 1 fully saturated rings. The molecular formula is C24H25ClN6O3. The van der Waals surface area contributed by atoms with E-state index in [9.17, 15) is 9.59 Å². The molecule has 0 unspecified atom stereocenters. The van der Waals surface area contributed by atoms with Crippen LogP contribution in [0.3, 0.4) is 0 Å². The molecule has 1 aliphatic rings. The van der Waals surface area contributed by atoms with E-state index in [1.807, 2.05) is 52.9 Å². The number of fused-ring (bicyclic) bond motifs is 3. The third kappa shape index (κ3) is 4.12. The van der Waals surface area contributed by atoms with E-state index in [2.05, 4.69) is 15.1 Å². The number of benzene rings is 2. The molecule has 4 aromatic rings. The largest absolute Gasteiger partial charge is 0.497 e. The van der Waals surface area contributed by atoms with Crippen LogP contribution < -0.4 is 10.3 Å². The van der Waals surface area contributed by atoms with Gasteiger partial charge < -0.3 is 9.64 Å². The highest BCUT2D eigenvalue weighted by Gasteiger charge is 2.23. The number of nitrogens with zero attached hydrogens (tertiary/aromatic N) is 6. The number of piperazine rings is 1. The second-order valence-electron chi connectivity index (χ2n) is 8.30. The van der Waals surface area contributed by atoms with Crippen LogP contribution in [0.15, 0.2) is 53.3 Å². The van der Waals surface area contributed by atoms with E-state index in [0.717, 1.165) is 35.7 Å². The minimum Gasteiger partial charge on any atom is -0.497 e. The van der Waals surface area contributed by atoms with Crippen LogP contribution in [-0.4, -0.2) is 74.0 Å². The molecule has 2 aromatic carbocycles. The van der Waals surface area contributed by atoms with Crippen LogP contribution in [-0.2, 0) is 17.9 Å². The molecule has 0 radical (unpaired) electrons. The van der Waals surface area contributed by atoms with E-state index in [0.29, 0.717) is 37.3 Å². The summed E-state index contributed by atoms with van der Waals surface area (Å²) in [5.74, 6) is 1.99. The highest BCUT2D eigenvalue weighted by Crippen LogP contribution is 2.18. The first kappa shape index (κ1) is 22.4. The Morgan fingerprint density at radius 1 is 1.00 bits per heavy atom. The predicted molar refractivity (Wildman–Crippen MR) is 129 cm³/mol. The minimum atomic E-state index is -0.105. The van der Waals surface area contributed by atoms with Crippen molar-refractivity contribution in [3.05, 3.63) is 70.3 Å². The van der Waals surface area contributed by atoms with Crippen molar-refractivity contribution in [2.24, 2.45) is 0 Å². The van der Waals surface area contributed by atoms with Crippen molar-refractivity contribution in [2.45, 2.75) is 13.1 Å². The standard InChI is InChI=1S/C24H25ClN6O3/c1-34-18-8-6-17(7-9-18)15-30-23(33)19-4-2-3-5-20(19)31-21(26-27-24(30)31)16-28-10-12-29(13-11-28)22(32)14-25/h2-9H,10-16H2,1H3. The minimum absolute atomic E-state index is 0.00648. The molecule has 0 saturated carbocycles. The molecule has 1 aliphatic heterocycles. The molecule has 2 aromatic heterocycles. The first-order chi connectivity index (χ1) is 16.6. The van der Waals surface area contributed by atoms with Crippen LogP contribution in [0.2, 0.25) is 0 Å². The number of alkyl halides is 1. The Morgan fingerprint density at radius 2 is 1.74 bits per heavy atom. The Morgan fingerprint density at radius 3 is 2.44 bits per heavy atom. The molecule has 34 heavy (non-hydrogen) atoms. The smallest absolute Gasteiger partial charge is 0.263 e. The zero-order valence-corrected chi connectivity index (χ0v) is 19.6. The number of hydrogen-bond donors (Lipinski definition) is 0. The van der Waals surface area contributed by atoms with Gasteiger partial charge in [-0.2, -0.15) is 0 Å². The summed E-state index contributed by atoms with van der Waals surface area (Å²) in [6, 6.07) is 15.2. The number of halogens is 1. The molecule has 176 valence electrons. The van der Waals surface area contributed by atoms with Gasteiger partial charge in [0.1, 0.15) is 11.6 Å². The molecule has 3 heterocycles. The first-order valence-corrected chi connectivity index (χ1v) is 11.7. The summed E-state index contributed by atoms with van der Waals surface area (Å²) >= 11 is 5.70. The van der Waals surface area contributed by atoms with E-state index in [1.165, 1.54) is 0 Å². The van der Waals surface area contributed by atoms with Gasteiger partial charge in [0.25, 0.3) is 5.56 Å². The summed E-state index contributed by atoms with van der Waals surface area (Å²) in [6.07, 6.45) is 0. The lowest BCUT2D eigenvalue weighted by atomic mass is 10.2. The van der Waals surface area contributed by atoms with Crippen LogP contribution in [0.25, 0.3) is 16.7 Å². The molecule has 10 heteroatoms. The van der Waals surface area contributed by atoms with Crippen molar-refractivity contribution >= 4 is 34.2 Å². The van der Waals surface area contributed by atoms with Gasteiger partial charge >= 0.3 is 0 Å². The fourth-order valence-corrected chi connectivity index (χ4v) is 4.58. The fourth-order valence-electron chi connectivity index (χ4n) is 4.41. The molecule has 0 spiro atoms. The lowest BCUT2D eigenvalue weighted by molar-refractivity contribution is -0.130. The highest BCUT2D eigenvalue weighted by atomic mass is 35.5. The summed E-state index contributed by atoms with van der Waals surface area (Å²) in [4.78, 5) is 29.3. The molecule has 5 rings (SSSR count). The summed E-state index contributed by atoms with van der Waals surface area (Å²) < 4.78 is 8.88. The Balaban J connectivity index is 1.51. The van der Waals surface area contributed by atoms with Crippen LogP contribution in [0.5, 0.6) is 5.75 Å². The van der Waals surface area contributed by atoms with Crippen LogP contribution in [0, 0.1) is 0 Å². The van der Waals surface area contributed by atoms with Gasteiger partial charge in [0.15, 0.2) is 5.82 Å². The molecular weight excluding hydrogens is 456 g/mol. The number of aromatic nitrogens is 4. The molecule has 0 aliphatic carbocycles. The third-order valence-corrected chi connectivity index (χ3v) is 6.51. The van der Waals surface area contributed by atoms with Gasteiger partial charge in [-0.25, -0.2) is 0 Å². The van der Waals surface area contributed by atoms with E-state index in [-0.39, 0.29) is 17.3 Å². The zero-order chi connectivity index (χ0) is 23.7. The van der Waals surface area contributed by atoms with Gasteiger partial charge in [-0.05, 0) is 29.8 Å². The van der Waals surface area contributed by atoms with E-state index >= 15 is 0 Å². The Hall–Kier alpha value is -3.43. The molecule has 1 saturated heterocycles. The van der Waals surface area contributed by atoms with E-state index < -0.39 is 0 Å². The average molecular weight is 481 g/mol. The van der Waals surface area contributed by atoms with Crippen molar-refractivity contribution in [1.29, 1.82) is 0 Å². The van der Waals surface area contributed by atoms with Crippen molar-refractivity contribution in [2.75, 3.05) is 39.2 Å². The topological polar surface area (TPSA) is 85.0 Å². The number of ether oxygens (including phenoxy) is 1. The van der Waals surface area contributed by atoms with Crippen LogP contribution in [0.1, 0.15) is 11.4 Å². The summed E-state index contributed by atoms with van der Waals surface area (Å²) in [5.41, 5.74) is 1.64. The second-order valence-corrected chi connectivity index (χ2v) is 8.57. The quantitative estimate of drug-likeness (QED) is 0.392. The van der Waals surface area contributed by atoms with Gasteiger partial charge in [0.05, 0.1) is 31.1 Å². The van der Waals surface area contributed by atoms with E-state index in [1.54, 1.807) is 16.6 Å². The Kier molecular flexibility index (Phi) is 6.21. The number of hydrogen-bond acceptors (Lipinski definition) is 6. The predicted octanol–water partition coefficient (Wildman–Crippen LogP) is 1.98. The lowest BCUT2D eigenvalue weighted by Gasteiger charge is -2.34. The van der Waals surface area contributed by atoms with E-state index in [4.69, 9.17) is 16.3 Å². The van der Waals surface area contributed by atoms with Gasteiger partial charge in [0.2, 0.25) is 11.7 Å². The van der Waals surface area contributed by atoms with Gasteiger partial charge in [-0.1, -0.05) is 24.3 Å². The Bertz CT molecular complexity index is 1390. The first-order valence-electron chi connectivity index (χ1n) is 11.1. The molecule has 9 nitrogen and oxygen atoms in total. The van der Waals surface area contributed by atoms with Crippen LogP contribution in [0.4, 0.5) is 0 Å². The van der Waals surface area contributed by atoms with Crippen molar-refractivity contribution in [1.82, 2.24) is 29.0 Å². The third-order valence-electron chi connectivity index (χ3n) is 6.28. The average Bonchev–Trinajstić information content (AvgIpc) is 3.30. The summed E-state index contributed by atoms with van der Waals surface area (Å²) in [7, 11) is 1.62. The van der Waals surface area contributed by atoms with Gasteiger partial charge in [-0.3, -0.25) is 23.5 Å². The maximum atomic E-state index is 13.4. The summed E-state index contributed by atoms with van der Waals surface area (Å²) in [5, 5.41) is 9.51. The molecule has 0 N–H and O–H groups in total. The Labute approximate surface area is 201 Å². The lowest BCUT2D eigenvalue weighted by Crippen LogP contribution is -2.48. The number of rotatable bonds is 6. The van der Waals surface area contributed by atoms with Crippen molar-refractivity contribution < 1.29 is 9.53 Å². The number of carbonyl (C=O) groups excluding carboxylic acids is 1. The zero-order valence-electron chi connectivity index (χ0n) is 18.9. The maximum absolute atomic E-state index is 13.4. The van der Waals surface area contributed by atoms with Gasteiger partial charge in [0, 0.05) is 26.2 Å². The summed E-state index contributed by atoms with van der Waals surface area (Å²) in [6.45, 7) is 3.64. The molecule has 0 bridgehead atoms. The number of amides is 1. The number of para-hydroxylation sites is 1. The fraction of sp³-hybridized carbons (Fsp3) is 0.333. The maximum Gasteiger partial charge on any atom is 0.263 e. The van der Waals surface area contributed by atoms with Crippen LogP contribution >= 0.6 is 11.6 Å². The monoisotopic (exact) mass is 480 g/mol. The number of methoxy groups -OCH3 is 1. The van der Waals surface area contributed by atoms with Gasteiger partial charge in [-0.15, -0.1) is 21.8 Å². The molecule has 1 amide bonds. The van der Waals surface area contributed by atoms with Crippen molar-refractivity contribution in [3.8, 4) is 5.75 Å². The molecule has 0 atom stereocenters. The normalized spacial score (nSPS) is 14.7. The number of carbonyl (C=O) groups is 1. The second kappa shape index (κ2) is 9.44.